The average Bonchev–Trinajstić information content (AvgIpc) is 1.63. The van der Waals surface area contributed by atoms with Gasteiger partial charge in [0.1, 0.15) is 0 Å². The lowest BCUT2D eigenvalue weighted by Gasteiger charge is -2.02. The van der Waals surface area contributed by atoms with E-state index in [0.717, 1.165) is 0 Å². The maximum absolute atomic E-state index is 10.5. The molecule has 0 heterocycles. The fraction of sp³-hybridized carbons (Fsp3) is 0.500. The molecule has 0 radical (unpaired) electrons. The van der Waals surface area contributed by atoms with Gasteiger partial charge in [-0.05, 0) is 17.9 Å². The van der Waals surface area contributed by atoms with Crippen molar-refractivity contribution in [1.82, 2.24) is 0 Å². The third kappa shape index (κ3) is 5.82. The summed E-state index contributed by atoms with van der Waals surface area (Å²) in [6, 6.07) is 0. The molecule has 0 aromatic carbocycles. The number of carbonyl (C=O) groups excluding carboxylic acids is 1. The molecule has 0 aliphatic carbocycles. The highest BCUT2D eigenvalue weighted by atomic mass is 127. The van der Waals surface area contributed by atoms with Gasteiger partial charge >= 0.3 is 5.97 Å². The second-order valence-electron chi connectivity index (χ2n) is 1.78. The van der Waals surface area contributed by atoms with Crippen LogP contribution in [0.15, 0.2) is 10.2 Å². The van der Waals surface area contributed by atoms with Crippen LogP contribution in [0.4, 0.5) is 0 Å². The Hall–Kier alpha value is -0.0600. The number of esters is 1. The molecule has 0 unspecified atom stereocenters. The number of ether oxygens (including phenoxy) is 1. The summed E-state index contributed by atoms with van der Waals surface area (Å²) < 4.78 is 6.39. The summed E-state index contributed by atoms with van der Waals surface area (Å²) in [6.07, 6.45) is 1.37. The zero-order valence-electron chi connectivity index (χ0n) is 5.43. The van der Waals surface area contributed by atoms with Gasteiger partial charge in [-0.1, -0.05) is 22.6 Å². The van der Waals surface area contributed by atoms with Gasteiger partial charge in [0.15, 0.2) is 0 Å². The van der Waals surface area contributed by atoms with Gasteiger partial charge in [-0.3, -0.25) is 0 Å². The maximum Gasteiger partial charge on any atom is 0.331 e. The highest BCUT2D eigenvalue weighted by molar-refractivity contribution is 14.1. The quantitative estimate of drug-likeness (QED) is 0.418. The van der Waals surface area contributed by atoms with E-state index in [1.807, 2.05) is 36.4 Å². The summed E-state index contributed by atoms with van der Waals surface area (Å²) in [6.45, 7) is 3.64. The van der Waals surface area contributed by atoms with Crippen molar-refractivity contribution in [1.29, 1.82) is 0 Å². The lowest BCUT2D eigenvalue weighted by molar-refractivity contribution is -0.141. The molecule has 0 spiro atoms. The standard InChI is InChI=1S/C6H9IO2/c1-5(2)9-6(8)3-4-7/h3-5H,1-2H3/b4-3+. The maximum atomic E-state index is 10.5. The molecule has 0 aromatic heterocycles. The summed E-state index contributed by atoms with van der Waals surface area (Å²) in [4.78, 5) is 10.5. The minimum absolute atomic E-state index is 0.0231. The molecule has 0 saturated heterocycles. The van der Waals surface area contributed by atoms with Gasteiger partial charge in [-0.2, -0.15) is 0 Å². The van der Waals surface area contributed by atoms with Crippen LogP contribution in [0.3, 0.4) is 0 Å². The smallest absolute Gasteiger partial charge is 0.331 e. The molecular formula is C6H9IO2. The van der Waals surface area contributed by atoms with Crippen LogP contribution in [0.25, 0.3) is 0 Å². The summed E-state index contributed by atoms with van der Waals surface area (Å²) in [5.74, 6) is -0.278. The van der Waals surface area contributed by atoms with Crippen molar-refractivity contribution in [3.05, 3.63) is 10.2 Å². The van der Waals surface area contributed by atoms with Crippen LogP contribution in [0, 0.1) is 0 Å². The Balaban J connectivity index is 3.51. The van der Waals surface area contributed by atoms with Crippen LogP contribution in [0.5, 0.6) is 0 Å². The summed E-state index contributed by atoms with van der Waals surface area (Å²) in [5, 5.41) is 0. The molecule has 3 heteroatoms. The van der Waals surface area contributed by atoms with Gasteiger partial charge in [0.05, 0.1) is 6.10 Å². The molecule has 0 aromatic rings. The first-order valence-electron chi connectivity index (χ1n) is 2.64. The number of halogens is 1. The first-order valence-corrected chi connectivity index (χ1v) is 3.88. The molecule has 0 rings (SSSR count). The van der Waals surface area contributed by atoms with E-state index in [2.05, 4.69) is 0 Å². The van der Waals surface area contributed by atoms with Crippen LogP contribution >= 0.6 is 22.6 Å². The van der Waals surface area contributed by atoms with Crippen molar-refractivity contribution in [3.8, 4) is 0 Å². The highest BCUT2D eigenvalue weighted by Crippen LogP contribution is 1.91. The Morgan fingerprint density at radius 3 is 2.56 bits per heavy atom. The van der Waals surface area contributed by atoms with Crippen molar-refractivity contribution >= 4 is 28.6 Å². The topological polar surface area (TPSA) is 26.3 Å². The fourth-order valence-electron chi connectivity index (χ4n) is 0.323. The van der Waals surface area contributed by atoms with Crippen LogP contribution in [-0.4, -0.2) is 12.1 Å². The van der Waals surface area contributed by atoms with Gasteiger partial charge in [0.2, 0.25) is 0 Å². The van der Waals surface area contributed by atoms with Crippen molar-refractivity contribution in [2.75, 3.05) is 0 Å². The van der Waals surface area contributed by atoms with E-state index in [1.165, 1.54) is 6.08 Å². The normalized spacial score (nSPS) is 10.7. The first kappa shape index (κ1) is 8.94. The van der Waals surface area contributed by atoms with Gasteiger partial charge in [0.25, 0.3) is 0 Å². The first-order chi connectivity index (χ1) is 4.16. The highest BCUT2D eigenvalue weighted by Gasteiger charge is 1.97. The second kappa shape index (κ2) is 4.78. The Kier molecular flexibility index (Phi) is 4.75. The van der Waals surface area contributed by atoms with Gasteiger partial charge in [-0.25, -0.2) is 4.79 Å². The summed E-state index contributed by atoms with van der Waals surface area (Å²) >= 11 is 1.97. The van der Waals surface area contributed by atoms with E-state index in [9.17, 15) is 4.79 Å². The summed E-state index contributed by atoms with van der Waals surface area (Å²) in [7, 11) is 0. The van der Waals surface area contributed by atoms with Crippen molar-refractivity contribution in [2.45, 2.75) is 20.0 Å². The zero-order chi connectivity index (χ0) is 7.28. The fourth-order valence-corrected chi connectivity index (χ4v) is 0.617. The van der Waals surface area contributed by atoms with Gasteiger partial charge < -0.3 is 4.74 Å². The van der Waals surface area contributed by atoms with Crippen molar-refractivity contribution in [3.63, 3.8) is 0 Å². The van der Waals surface area contributed by atoms with Gasteiger partial charge in [0, 0.05) is 6.08 Å². The SMILES string of the molecule is CC(C)OC(=O)/C=C/I. The molecule has 52 valence electrons. The third-order valence-electron chi connectivity index (χ3n) is 0.551. The molecule has 0 aliphatic heterocycles. The Morgan fingerprint density at radius 2 is 2.22 bits per heavy atom. The number of carbonyl (C=O) groups is 1. The van der Waals surface area contributed by atoms with E-state index >= 15 is 0 Å². The molecule has 0 amide bonds. The van der Waals surface area contributed by atoms with Crippen LogP contribution in [0.2, 0.25) is 0 Å². The molecule has 0 fully saturated rings. The Bertz CT molecular complexity index is 118. The Morgan fingerprint density at radius 1 is 1.67 bits per heavy atom. The van der Waals surface area contributed by atoms with E-state index in [4.69, 9.17) is 4.74 Å². The lowest BCUT2D eigenvalue weighted by atomic mass is 10.5. The molecule has 9 heavy (non-hydrogen) atoms. The van der Waals surface area contributed by atoms with E-state index in [1.54, 1.807) is 4.08 Å². The van der Waals surface area contributed by atoms with E-state index in [0.29, 0.717) is 0 Å². The van der Waals surface area contributed by atoms with Crippen LogP contribution in [-0.2, 0) is 9.53 Å². The average molecular weight is 240 g/mol. The van der Waals surface area contributed by atoms with Crippen LogP contribution < -0.4 is 0 Å². The van der Waals surface area contributed by atoms with E-state index < -0.39 is 0 Å². The number of hydrogen-bond donors (Lipinski definition) is 0. The molecule has 0 saturated carbocycles. The summed E-state index contributed by atoms with van der Waals surface area (Å²) in [5.41, 5.74) is 0. The molecule has 2 nitrogen and oxygen atoms in total. The molecule has 0 N–H and O–H groups in total. The second-order valence-corrected chi connectivity index (χ2v) is 2.50. The molecule has 0 bridgehead atoms. The minimum Gasteiger partial charge on any atom is -0.460 e. The van der Waals surface area contributed by atoms with E-state index in [-0.39, 0.29) is 12.1 Å². The van der Waals surface area contributed by atoms with Gasteiger partial charge in [-0.15, -0.1) is 0 Å². The zero-order valence-corrected chi connectivity index (χ0v) is 7.58. The number of rotatable bonds is 2. The Labute approximate surface area is 68.4 Å². The number of hydrogen-bond acceptors (Lipinski definition) is 2. The predicted octanol–water partition coefficient (Wildman–Crippen LogP) is 1.89. The third-order valence-corrected chi connectivity index (χ3v) is 0.911. The largest absolute Gasteiger partial charge is 0.460 e. The minimum atomic E-state index is -0.278. The predicted molar refractivity (Wildman–Crippen MR) is 44.4 cm³/mol. The molecular weight excluding hydrogens is 231 g/mol. The molecule has 0 aliphatic rings. The van der Waals surface area contributed by atoms with Crippen molar-refractivity contribution in [2.24, 2.45) is 0 Å². The molecule has 0 atom stereocenters. The van der Waals surface area contributed by atoms with Crippen LogP contribution in [0.1, 0.15) is 13.8 Å². The lowest BCUT2D eigenvalue weighted by Crippen LogP contribution is -2.07. The monoisotopic (exact) mass is 240 g/mol. The van der Waals surface area contributed by atoms with Crippen molar-refractivity contribution < 1.29 is 9.53 Å².